The van der Waals surface area contributed by atoms with Gasteiger partial charge in [0.25, 0.3) is 0 Å². The summed E-state index contributed by atoms with van der Waals surface area (Å²) in [7, 11) is 0. The van der Waals surface area contributed by atoms with E-state index in [0.29, 0.717) is 36.5 Å². The maximum Gasteiger partial charge on any atom is 0.306 e. The van der Waals surface area contributed by atoms with Crippen LogP contribution in [-0.2, 0) is 25.7 Å². The molecule has 1 amide bonds. The summed E-state index contributed by atoms with van der Waals surface area (Å²) in [4.78, 5) is 38.0. The Morgan fingerprint density at radius 2 is 1.94 bits per heavy atom. The lowest BCUT2D eigenvalue weighted by Crippen LogP contribution is -2.51. The van der Waals surface area contributed by atoms with E-state index < -0.39 is 0 Å². The Labute approximate surface area is 206 Å². The number of allylic oxidation sites excluding steroid dienone is 1. The van der Waals surface area contributed by atoms with Crippen molar-refractivity contribution in [1.29, 1.82) is 0 Å². The second-order valence-corrected chi connectivity index (χ2v) is 12.5. The lowest BCUT2D eigenvalue weighted by Gasteiger charge is -2.57. The van der Waals surface area contributed by atoms with E-state index in [-0.39, 0.29) is 41.7 Å². The van der Waals surface area contributed by atoms with Crippen LogP contribution in [0.5, 0.6) is 0 Å². The summed E-state index contributed by atoms with van der Waals surface area (Å²) in [6.45, 7) is 5.26. The molecule has 1 N–H and O–H groups in total. The monoisotopic (exact) mass is 483 g/mol. The maximum absolute atomic E-state index is 12.7. The number of carbonyl (C=O) groups is 3. The van der Waals surface area contributed by atoms with Crippen LogP contribution in [0.4, 0.5) is 0 Å². The fourth-order valence-corrected chi connectivity index (χ4v) is 8.47. The summed E-state index contributed by atoms with van der Waals surface area (Å²) in [5.74, 6) is 1.83. The third-order valence-electron chi connectivity index (χ3n) is 9.74. The summed E-state index contributed by atoms with van der Waals surface area (Å²) >= 11 is 1.61. The largest absolute Gasteiger partial charge is 0.462 e. The van der Waals surface area contributed by atoms with Gasteiger partial charge in [0, 0.05) is 23.1 Å². The molecule has 0 spiro atoms. The molecular formula is C28H37NO4S. The third kappa shape index (κ3) is 4.27. The Balaban J connectivity index is 1.17. The number of hydrogen-bond acceptors (Lipinski definition) is 5. The predicted octanol–water partition coefficient (Wildman–Crippen LogP) is 5.59. The molecule has 0 radical (unpaired) electrons. The van der Waals surface area contributed by atoms with Gasteiger partial charge in [-0.15, -0.1) is 11.3 Å². The van der Waals surface area contributed by atoms with Crippen LogP contribution in [0.15, 0.2) is 29.2 Å². The van der Waals surface area contributed by atoms with Crippen LogP contribution < -0.4 is 5.32 Å². The first-order valence-electron chi connectivity index (χ1n) is 13.0. The number of amides is 1. The second-order valence-electron chi connectivity index (χ2n) is 11.4. The number of rotatable bonds is 6. The molecule has 5 rings (SSSR count). The summed E-state index contributed by atoms with van der Waals surface area (Å²) < 4.78 is 6.04. The lowest BCUT2D eigenvalue weighted by molar-refractivity contribution is -0.160. The molecule has 1 heterocycles. The lowest BCUT2D eigenvalue weighted by atomic mass is 9.47. The van der Waals surface area contributed by atoms with Gasteiger partial charge in [-0.2, -0.15) is 0 Å². The minimum atomic E-state index is -0.244. The highest BCUT2D eigenvalue weighted by Crippen LogP contribution is 2.65. The van der Waals surface area contributed by atoms with Crippen LogP contribution in [-0.4, -0.2) is 23.8 Å². The van der Waals surface area contributed by atoms with E-state index in [9.17, 15) is 14.4 Å². The fraction of sp³-hybridized carbons (Fsp3) is 0.679. The topological polar surface area (TPSA) is 72.5 Å². The van der Waals surface area contributed by atoms with E-state index in [0.717, 1.165) is 49.8 Å². The molecule has 1 aromatic heterocycles. The van der Waals surface area contributed by atoms with Gasteiger partial charge in [-0.25, -0.2) is 0 Å². The first-order valence-corrected chi connectivity index (χ1v) is 13.9. The summed E-state index contributed by atoms with van der Waals surface area (Å²) in [6.07, 6.45) is 10.4. The zero-order chi connectivity index (χ0) is 23.9. The SMILES string of the molecule is C[C@]12CC[C@@H]3[C@@H](CCC4=CC(=O)CC[C@@]43C)[C@@H]1CC[C@@H]2OC(=O)CCC(=O)NCc1cccs1. The molecule has 0 aromatic carbocycles. The molecule has 184 valence electrons. The first kappa shape index (κ1) is 23.8. The number of esters is 1. The molecule has 5 nitrogen and oxygen atoms in total. The normalized spacial score (nSPS) is 36.6. The molecule has 6 heteroatoms. The van der Waals surface area contributed by atoms with Crippen molar-refractivity contribution in [1.82, 2.24) is 5.32 Å². The fourth-order valence-electron chi connectivity index (χ4n) is 7.83. The van der Waals surface area contributed by atoms with Crippen LogP contribution in [0.3, 0.4) is 0 Å². The number of ether oxygens (including phenoxy) is 1. The number of thiophene rings is 1. The highest BCUT2D eigenvalue weighted by molar-refractivity contribution is 7.09. The molecule has 4 aliphatic rings. The van der Waals surface area contributed by atoms with Crippen molar-refractivity contribution in [3.05, 3.63) is 34.0 Å². The molecule has 34 heavy (non-hydrogen) atoms. The van der Waals surface area contributed by atoms with Crippen LogP contribution in [0.25, 0.3) is 0 Å². The molecule has 3 saturated carbocycles. The van der Waals surface area contributed by atoms with Crippen LogP contribution in [0.1, 0.15) is 82.9 Å². The number of nitrogens with one attached hydrogen (secondary N) is 1. The van der Waals surface area contributed by atoms with Gasteiger partial charge in [0.1, 0.15) is 6.10 Å². The zero-order valence-corrected chi connectivity index (χ0v) is 21.3. The van der Waals surface area contributed by atoms with Crippen molar-refractivity contribution < 1.29 is 19.1 Å². The average Bonchev–Trinajstić information content (AvgIpc) is 3.45. The van der Waals surface area contributed by atoms with Gasteiger partial charge in [0.05, 0.1) is 13.0 Å². The molecule has 0 unspecified atom stereocenters. The van der Waals surface area contributed by atoms with E-state index in [1.807, 2.05) is 23.6 Å². The van der Waals surface area contributed by atoms with Crippen molar-refractivity contribution in [2.24, 2.45) is 28.6 Å². The molecule has 0 aliphatic heterocycles. The summed E-state index contributed by atoms with van der Waals surface area (Å²) in [6, 6.07) is 3.95. The van der Waals surface area contributed by atoms with E-state index >= 15 is 0 Å². The van der Waals surface area contributed by atoms with Gasteiger partial charge in [-0.1, -0.05) is 25.5 Å². The third-order valence-corrected chi connectivity index (χ3v) is 10.6. The number of carbonyl (C=O) groups excluding carboxylic acids is 3. The molecule has 6 atom stereocenters. The van der Waals surface area contributed by atoms with Crippen molar-refractivity contribution in [2.75, 3.05) is 0 Å². The second kappa shape index (κ2) is 9.25. The molecular weight excluding hydrogens is 446 g/mol. The van der Waals surface area contributed by atoms with E-state index in [2.05, 4.69) is 19.2 Å². The standard InChI is InChI=1S/C28H37NO4S/c1-27-13-11-19(30)16-18(27)5-6-21-22-7-8-24(28(22,2)14-12-23(21)27)33-26(32)10-9-25(31)29-17-20-4-3-15-34-20/h3-4,15-16,21-24H,5-14,17H2,1-2H3,(H,29,31)/t21-,22-,23+,24-,27-,28-/m0/s1. The first-order chi connectivity index (χ1) is 16.3. The number of ketones is 1. The van der Waals surface area contributed by atoms with Gasteiger partial charge in [0.15, 0.2) is 5.78 Å². The number of fused-ring (bicyclic) bond motifs is 5. The van der Waals surface area contributed by atoms with Gasteiger partial charge in [-0.05, 0) is 85.6 Å². The van der Waals surface area contributed by atoms with Crippen LogP contribution in [0, 0.1) is 28.6 Å². The molecule has 0 bridgehead atoms. The Morgan fingerprint density at radius 1 is 1.09 bits per heavy atom. The highest BCUT2D eigenvalue weighted by atomic mass is 32.1. The van der Waals surface area contributed by atoms with Gasteiger partial charge in [0.2, 0.25) is 5.91 Å². The van der Waals surface area contributed by atoms with Gasteiger partial charge >= 0.3 is 5.97 Å². The van der Waals surface area contributed by atoms with Crippen molar-refractivity contribution in [3.8, 4) is 0 Å². The van der Waals surface area contributed by atoms with Crippen LogP contribution >= 0.6 is 11.3 Å². The van der Waals surface area contributed by atoms with Crippen molar-refractivity contribution in [2.45, 2.75) is 90.7 Å². The van der Waals surface area contributed by atoms with Gasteiger partial charge < -0.3 is 10.1 Å². The Hall–Kier alpha value is -1.95. The molecule has 0 saturated heterocycles. The average molecular weight is 484 g/mol. The minimum Gasteiger partial charge on any atom is -0.462 e. The quantitative estimate of drug-likeness (QED) is 0.536. The molecule has 4 aliphatic carbocycles. The summed E-state index contributed by atoms with van der Waals surface area (Å²) in [5.41, 5.74) is 1.59. The Bertz CT molecular complexity index is 985. The van der Waals surface area contributed by atoms with E-state index in [1.165, 1.54) is 5.57 Å². The van der Waals surface area contributed by atoms with Crippen molar-refractivity contribution in [3.63, 3.8) is 0 Å². The predicted molar refractivity (Wildman–Crippen MR) is 132 cm³/mol. The molecule has 1 aromatic rings. The van der Waals surface area contributed by atoms with Gasteiger partial charge in [-0.3, -0.25) is 14.4 Å². The Kier molecular flexibility index (Phi) is 6.47. The maximum atomic E-state index is 12.7. The Morgan fingerprint density at radius 3 is 2.74 bits per heavy atom. The van der Waals surface area contributed by atoms with E-state index in [1.54, 1.807) is 11.3 Å². The smallest absolute Gasteiger partial charge is 0.306 e. The van der Waals surface area contributed by atoms with E-state index in [4.69, 9.17) is 4.74 Å². The summed E-state index contributed by atoms with van der Waals surface area (Å²) in [5, 5.41) is 4.87. The minimum absolute atomic E-state index is 0.0281. The van der Waals surface area contributed by atoms with Crippen molar-refractivity contribution >= 4 is 29.0 Å². The zero-order valence-electron chi connectivity index (χ0n) is 20.4. The molecule has 3 fully saturated rings. The highest BCUT2D eigenvalue weighted by Gasteiger charge is 2.59. The number of hydrogen-bond donors (Lipinski definition) is 1. The van der Waals surface area contributed by atoms with Crippen LogP contribution in [0.2, 0.25) is 0 Å².